The summed E-state index contributed by atoms with van der Waals surface area (Å²) in [6.45, 7) is 2.11. The number of carbonyl (C=O) groups excluding carboxylic acids is 2. The van der Waals surface area contributed by atoms with Crippen LogP contribution in [-0.2, 0) is 32.7 Å². The van der Waals surface area contributed by atoms with Gasteiger partial charge in [0.2, 0.25) is 0 Å². The number of phosphoric acid groups is 1. The summed E-state index contributed by atoms with van der Waals surface area (Å²) in [7, 11) is -4.63. The van der Waals surface area contributed by atoms with Crippen LogP contribution in [0, 0.1) is 0 Å². The molecule has 0 fully saturated rings. The van der Waals surface area contributed by atoms with Gasteiger partial charge in [-0.15, -0.1) is 0 Å². The van der Waals surface area contributed by atoms with E-state index in [-0.39, 0.29) is 12.8 Å². The molecule has 2 atom stereocenters. The first-order valence-electron chi connectivity index (χ1n) is 18.3. The molecular weight excluding hydrogens is 623 g/mol. The fraction of sp³-hybridized carbons (Fsp3) is 0.833. The van der Waals surface area contributed by atoms with Gasteiger partial charge in [0.05, 0.1) is 26.4 Å². The number of aliphatic hydroxyl groups is 2. The molecule has 3 N–H and O–H groups in total. The quantitative estimate of drug-likeness (QED) is 0.0259. The van der Waals surface area contributed by atoms with Gasteiger partial charge in [0.15, 0.2) is 0 Å². The highest BCUT2D eigenvalue weighted by Gasteiger charge is 2.27. The summed E-state index contributed by atoms with van der Waals surface area (Å²) in [5.74, 6) is -1.04. The van der Waals surface area contributed by atoms with E-state index in [1.54, 1.807) is 0 Å². The van der Waals surface area contributed by atoms with Gasteiger partial charge in [-0.25, -0.2) is 4.57 Å². The van der Waals surface area contributed by atoms with E-state index in [9.17, 15) is 29.3 Å². The van der Waals surface area contributed by atoms with Crippen LogP contribution in [0.3, 0.4) is 0 Å². The molecule has 10 nitrogen and oxygen atoms in total. The lowest BCUT2D eigenvalue weighted by atomic mass is 10.1. The third kappa shape index (κ3) is 31.5. The first kappa shape index (κ1) is 45.5. The molecule has 0 aromatic carbocycles. The van der Waals surface area contributed by atoms with Crippen LogP contribution in [0.15, 0.2) is 24.3 Å². The standard InChI is InChI=1S/C36H67O10P/c1-3-5-7-9-11-13-15-17-19-21-23-25-27-35(39)45-33(29-37)31-43-47(41,42)44-32-34(30-38)46-36(40)28-26-24-22-20-18-16-14-12-10-8-6-4-2/h11-14,33-34,37-38H,3-10,15-32H2,1-2H3,(H,41,42)/b13-11-,14-12-. The van der Waals surface area contributed by atoms with Gasteiger partial charge in [-0.1, -0.05) is 102 Å². The van der Waals surface area contributed by atoms with Gasteiger partial charge in [-0.3, -0.25) is 18.6 Å². The number of rotatable bonds is 34. The number of allylic oxidation sites excluding steroid dienone is 4. The van der Waals surface area contributed by atoms with Gasteiger partial charge in [0.25, 0.3) is 0 Å². The van der Waals surface area contributed by atoms with Crippen molar-refractivity contribution in [2.45, 2.75) is 167 Å². The van der Waals surface area contributed by atoms with Crippen molar-refractivity contribution in [1.82, 2.24) is 0 Å². The number of esters is 2. The number of hydrogen-bond acceptors (Lipinski definition) is 9. The van der Waals surface area contributed by atoms with E-state index in [0.29, 0.717) is 12.8 Å². The number of carbonyl (C=O) groups is 2. The third-order valence-corrected chi connectivity index (χ3v) is 8.59. The molecule has 0 bridgehead atoms. The smallest absolute Gasteiger partial charge is 0.457 e. The van der Waals surface area contributed by atoms with Crippen LogP contribution in [-0.4, -0.2) is 65.7 Å². The Morgan fingerprint density at radius 2 is 0.872 bits per heavy atom. The minimum atomic E-state index is -4.63. The Morgan fingerprint density at radius 1 is 0.553 bits per heavy atom. The average Bonchev–Trinajstić information content (AvgIpc) is 3.05. The Labute approximate surface area is 285 Å². The molecule has 0 radical (unpaired) electrons. The monoisotopic (exact) mass is 690 g/mol. The molecule has 0 rings (SSSR count). The highest BCUT2D eigenvalue weighted by molar-refractivity contribution is 7.47. The van der Waals surface area contributed by atoms with Crippen LogP contribution in [0.4, 0.5) is 0 Å². The van der Waals surface area contributed by atoms with E-state index in [1.807, 2.05) is 0 Å². The molecule has 2 unspecified atom stereocenters. The molecular formula is C36H67O10P. The van der Waals surface area contributed by atoms with E-state index >= 15 is 0 Å². The van der Waals surface area contributed by atoms with Crippen molar-refractivity contribution in [3.63, 3.8) is 0 Å². The molecule has 0 heterocycles. The van der Waals surface area contributed by atoms with Crippen LogP contribution in [0.25, 0.3) is 0 Å². The minimum Gasteiger partial charge on any atom is -0.457 e. The first-order chi connectivity index (χ1) is 22.8. The van der Waals surface area contributed by atoms with E-state index in [1.165, 1.54) is 38.5 Å². The van der Waals surface area contributed by atoms with Crippen LogP contribution >= 0.6 is 7.82 Å². The maximum atomic E-state index is 12.3. The molecule has 0 aliphatic heterocycles. The van der Waals surface area contributed by atoms with E-state index in [2.05, 4.69) is 38.2 Å². The van der Waals surface area contributed by atoms with Crippen molar-refractivity contribution >= 4 is 19.8 Å². The molecule has 0 saturated carbocycles. The van der Waals surface area contributed by atoms with Crippen molar-refractivity contribution in [1.29, 1.82) is 0 Å². The normalized spacial score (nSPS) is 14.4. The molecule has 0 aromatic rings. The Morgan fingerprint density at radius 3 is 1.21 bits per heavy atom. The van der Waals surface area contributed by atoms with E-state index in [0.717, 1.165) is 77.0 Å². The van der Waals surface area contributed by atoms with Crippen LogP contribution in [0.5, 0.6) is 0 Å². The Bertz CT molecular complexity index is 784. The lowest BCUT2D eigenvalue weighted by molar-refractivity contribution is -0.153. The van der Waals surface area contributed by atoms with Gasteiger partial charge in [0.1, 0.15) is 12.2 Å². The lowest BCUT2D eigenvalue weighted by Crippen LogP contribution is -2.28. The highest BCUT2D eigenvalue weighted by atomic mass is 31.2. The van der Waals surface area contributed by atoms with Crippen molar-refractivity contribution in [2.24, 2.45) is 0 Å². The second-order valence-corrected chi connectivity index (χ2v) is 13.6. The summed E-state index contributed by atoms with van der Waals surface area (Å²) < 4.78 is 32.4. The number of hydrogen-bond donors (Lipinski definition) is 3. The summed E-state index contributed by atoms with van der Waals surface area (Å²) in [5.41, 5.74) is 0. The molecule has 0 spiro atoms. The molecule has 0 amide bonds. The molecule has 0 aromatic heterocycles. The van der Waals surface area contributed by atoms with Gasteiger partial charge in [-0.05, 0) is 64.2 Å². The van der Waals surface area contributed by atoms with E-state index in [4.69, 9.17) is 18.5 Å². The second-order valence-electron chi connectivity index (χ2n) is 12.2. The molecule has 11 heteroatoms. The number of unbranched alkanes of at least 4 members (excludes halogenated alkanes) is 16. The Kier molecular flexibility index (Phi) is 31.9. The van der Waals surface area contributed by atoms with E-state index < -0.39 is 58.4 Å². The van der Waals surface area contributed by atoms with Crippen molar-refractivity contribution in [3.8, 4) is 0 Å². The third-order valence-electron chi connectivity index (χ3n) is 7.64. The zero-order valence-corrected chi connectivity index (χ0v) is 30.4. The lowest BCUT2D eigenvalue weighted by Gasteiger charge is -2.20. The first-order valence-corrected chi connectivity index (χ1v) is 19.8. The van der Waals surface area contributed by atoms with Crippen molar-refractivity contribution in [2.75, 3.05) is 26.4 Å². The van der Waals surface area contributed by atoms with Crippen molar-refractivity contribution in [3.05, 3.63) is 24.3 Å². The second kappa shape index (κ2) is 33.0. The van der Waals surface area contributed by atoms with Crippen LogP contribution in [0.2, 0.25) is 0 Å². The van der Waals surface area contributed by atoms with Gasteiger partial charge >= 0.3 is 19.8 Å². The van der Waals surface area contributed by atoms with Gasteiger partial charge in [0, 0.05) is 12.8 Å². The fourth-order valence-corrected chi connectivity index (χ4v) is 5.53. The van der Waals surface area contributed by atoms with Gasteiger partial charge in [-0.2, -0.15) is 0 Å². The maximum Gasteiger partial charge on any atom is 0.472 e. The predicted octanol–water partition coefficient (Wildman–Crippen LogP) is 8.66. The maximum absolute atomic E-state index is 12.3. The van der Waals surface area contributed by atoms with Crippen molar-refractivity contribution < 1.29 is 47.8 Å². The van der Waals surface area contributed by atoms with Crippen LogP contribution < -0.4 is 0 Å². The number of ether oxygens (including phenoxy) is 2. The zero-order chi connectivity index (χ0) is 34.9. The van der Waals surface area contributed by atoms with Crippen LogP contribution in [0.1, 0.15) is 155 Å². The largest absolute Gasteiger partial charge is 0.472 e. The molecule has 0 saturated heterocycles. The summed E-state index contributed by atoms with van der Waals surface area (Å²) >= 11 is 0. The summed E-state index contributed by atoms with van der Waals surface area (Å²) in [6, 6.07) is 0. The SMILES string of the molecule is CCCCC/C=C\CCCCCCCC(=O)OC(CO)COP(=O)(O)OCC(CO)OC(=O)CCCCCCC/C=C\CCCCC. The number of aliphatic hydroxyl groups excluding tert-OH is 2. The number of phosphoric ester groups is 1. The topological polar surface area (TPSA) is 149 Å². The average molecular weight is 691 g/mol. The summed E-state index contributed by atoms with van der Waals surface area (Å²) in [5, 5.41) is 19.0. The molecule has 0 aliphatic rings. The zero-order valence-electron chi connectivity index (χ0n) is 29.5. The fourth-order valence-electron chi connectivity index (χ4n) is 4.75. The molecule has 276 valence electrons. The minimum absolute atomic E-state index is 0.182. The highest BCUT2D eigenvalue weighted by Crippen LogP contribution is 2.43. The summed E-state index contributed by atoms with van der Waals surface area (Å²) in [6.07, 6.45) is 28.7. The predicted molar refractivity (Wildman–Crippen MR) is 187 cm³/mol. The molecule has 0 aliphatic carbocycles. The summed E-state index contributed by atoms with van der Waals surface area (Å²) in [4.78, 5) is 34.3. The molecule has 47 heavy (non-hydrogen) atoms. The Hall–Kier alpha value is -1.55. The van der Waals surface area contributed by atoms with Gasteiger partial charge < -0.3 is 24.6 Å². The Balaban J connectivity index is 4.03.